The highest BCUT2D eigenvalue weighted by Gasteiger charge is 2.44. The highest BCUT2D eigenvalue weighted by Crippen LogP contribution is 2.35. The first kappa shape index (κ1) is 18.5. The second-order valence-corrected chi connectivity index (χ2v) is 7.41. The van der Waals surface area contributed by atoms with Crippen LogP contribution in [0.15, 0.2) is 37.1 Å². The van der Waals surface area contributed by atoms with E-state index < -0.39 is 24.5 Å². The number of aliphatic hydroxyl groups is 3. The Morgan fingerprint density at radius 2 is 2.11 bits per heavy atom. The molecular weight excluding hydrogens is 465 g/mol. The number of halogens is 1. The lowest BCUT2D eigenvalue weighted by molar-refractivity contribution is -0.0509. The molecule has 3 aromatic rings. The van der Waals surface area contributed by atoms with Crippen LogP contribution in [-0.4, -0.2) is 59.8 Å². The third-order valence-electron chi connectivity index (χ3n) is 4.54. The minimum atomic E-state index is -1.17. The van der Waals surface area contributed by atoms with Gasteiger partial charge in [-0.2, -0.15) is 0 Å². The van der Waals surface area contributed by atoms with Crippen molar-refractivity contribution in [1.29, 1.82) is 0 Å². The predicted molar refractivity (Wildman–Crippen MR) is 105 cm³/mol. The number of nitrogens with zero attached hydrogens (tertiary/aromatic N) is 4. The fourth-order valence-electron chi connectivity index (χ4n) is 3.17. The number of fused-ring (bicyclic) bond motifs is 1. The minimum Gasteiger partial charge on any atom is -0.394 e. The Morgan fingerprint density at radius 3 is 2.81 bits per heavy atom. The number of aromatic nitrogens is 4. The van der Waals surface area contributed by atoms with Crippen molar-refractivity contribution in [3.8, 4) is 0 Å². The molecule has 1 fully saturated rings. The topological polar surface area (TPSA) is 126 Å². The smallest absolute Gasteiger partial charge is 0.164 e. The molecule has 10 heteroatoms. The molecule has 0 aliphatic carbocycles. The molecule has 3 aromatic heterocycles. The van der Waals surface area contributed by atoms with Crippen LogP contribution in [-0.2, 0) is 11.3 Å². The summed E-state index contributed by atoms with van der Waals surface area (Å²) in [6.07, 6.45) is 2.69. The van der Waals surface area contributed by atoms with Gasteiger partial charge in [-0.05, 0) is 34.2 Å². The van der Waals surface area contributed by atoms with Crippen LogP contribution >= 0.6 is 22.6 Å². The lowest BCUT2D eigenvalue weighted by Gasteiger charge is -2.17. The fourth-order valence-corrected chi connectivity index (χ4v) is 3.96. The molecule has 0 bridgehead atoms. The van der Waals surface area contributed by atoms with Crippen LogP contribution in [0.4, 0.5) is 5.82 Å². The average Bonchev–Trinajstić information content (AvgIpc) is 3.18. The molecule has 0 saturated carbocycles. The van der Waals surface area contributed by atoms with Crippen molar-refractivity contribution >= 4 is 39.4 Å². The zero-order valence-corrected chi connectivity index (χ0v) is 16.3. The summed E-state index contributed by atoms with van der Waals surface area (Å²) < 4.78 is 8.17. The van der Waals surface area contributed by atoms with Crippen LogP contribution in [0.3, 0.4) is 0 Å². The quantitative estimate of drug-likeness (QED) is 0.390. The van der Waals surface area contributed by atoms with E-state index in [1.807, 2.05) is 12.1 Å². The summed E-state index contributed by atoms with van der Waals surface area (Å²) in [4.78, 5) is 12.8. The zero-order valence-electron chi connectivity index (χ0n) is 14.1. The number of anilines is 1. The first-order valence-electron chi connectivity index (χ1n) is 8.36. The van der Waals surface area contributed by atoms with Crippen molar-refractivity contribution in [3.05, 3.63) is 46.2 Å². The van der Waals surface area contributed by atoms with Gasteiger partial charge in [-0.15, -0.1) is 0 Å². The van der Waals surface area contributed by atoms with Gasteiger partial charge in [0.25, 0.3) is 0 Å². The molecule has 9 nitrogen and oxygen atoms in total. The van der Waals surface area contributed by atoms with E-state index in [9.17, 15) is 15.3 Å². The third-order valence-corrected chi connectivity index (χ3v) is 5.36. The summed E-state index contributed by atoms with van der Waals surface area (Å²) in [7, 11) is 0. The molecule has 4 N–H and O–H groups in total. The van der Waals surface area contributed by atoms with E-state index in [-0.39, 0.29) is 6.61 Å². The van der Waals surface area contributed by atoms with Crippen molar-refractivity contribution in [2.45, 2.75) is 31.1 Å². The summed E-state index contributed by atoms with van der Waals surface area (Å²) >= 11 is 2.17. The van der Waals surface area contributed by atoms with Gasteiger partial charge in [-0.1, -0.05) is 6.07 Å². The highest BCUT2D eigenvalue weighted by molar-refractivity contribution is 14.1. The monoisotopic (exact) mass is 483 g/mol. The van der Waals surface area contributed by atoms with Gasteiger partial charge in [0.15, 0.2) is 6.23 Å². The Balaban J connectivity index is 1.67. The van der Waals surface area contributed by atoms with Gasteiger partial charge in [-0.25, -0.2) is 9.97 Å². The standard InChI is InChI=1S/C17H18IN5O4/c18-10-6-23(17-14(26)13(25)11(7-24)27-17)16-12(10)15(21-8-22-16)20-5-9-2-1-3-19-4-9/h1-4,6,8,11,13-14,17,24-26H,5,7H2,(H,20,21,22)/t11-,13+,14+,17-/m1/s1. The summed E-state index contributed by atoms with van der Waals surface area (Å²) in [5.74, 6) is 0.652. The normalized spacial score (nSPS) is 25.2. The summed E-state index contributed by atoms with van der Waals surface area (Å²) in [5.41, 5.74) is 1.58. The average molecular weight is 483 g/mol. The van der Waals surface area contributed by atoms with E-state index in [4.69, 9.17) is 4.74 Å². The van der Waals surface area contributed by atoms with Crippen molar-refractivity contribution in [3.63, 3.8) is 0 Å². The van der Waals surface area contributed by atoms with Gasteiger partial charge in [-0.3, -0.25) is 4.98 Å². The molecule has 27 heavy (non-hydrogen) atoms. The molecule has 0 spiro atoms. The first-order valence-corrected chi connectivity index (χ1v) is 9.44. The van der Waals surface area contributed by atoms with Gasteiger partial charge in [0, 0.05) is 28.7 Å². The number of rotatable bonds is 5. The second kappa shape index (κ2) is 7.64. The van der Waals surface area contributed by atoms with Crippen LogP contribution in [0.2, 0.25) is 0 Å². The Kier molecular flexibility index (Phi) is 5.23. The number of pyridine rings is 1. The Labute approximate surface area is 168 Å². The molecule has 1 saturated heterocycles. The maximum Gasteiger partial charge on any atom is 0.164 e. The molecular formula is C17H18IN5O4. The van der Waals surface area contributed by atoms with Crippen LogP contribution in [0.25, 0.3) is 11.0 Å². The predicted octanol–water partition coefficient (Wildman–Crippen LogP) is 0.654. The van der Waals surface area contributed by atoms with E-state index >= 15 is 0 Å². The molecule has 1 aliphatic heterocycles. The van der Waals surface area contributed by atoms with Crippen molar-refractivity contribution in [2.24, 2.45) is 0 Å². The van der Waals surface area contributed by atoms with E-state index in [1.54, 1.807) is 23.2 Å². The molecule has 4 rings (SSSR count). The van der Waals surface area contributed by atoms with E-state index in [0.717, 1.165) is 14.5 Å². The SMILES string of the molecule is OC[C@H]1O[C@@H](n2cc(I)c3c(NCc4cccnc4)ncnc32)[C@@H](O)[C@H]1O. The lowest BCUT2D eigenvalue weighted by atomic mass is 10.1. The third kappa shape index (κ3) is 3.38. The lowest BCUT2D eigenvalue weighted by Crippen LogP contribution is -2.33. The number of nitrogens with one attached hydrogen (secondary N) is 1. The Morgan fingerprint density at radius 1 is 1.26 bits per heavy atom. The zero-order chi connectivity index (χ0) is 19.0. The van der Waals surface area contributed by atoms with Crippen molar-refractivity contribution in [1.82, 2.24) is 19.5 Å². The van der Waals surface area contributed by atoms with E-state index in [1.165, 1.54) is 6.33 Å². The molecule has 0 unspecified atom stereocenters. The van der Waals surface area contributed by atoms with Crippen molar-refractivity contribution < 1.29 is 20.1 Å². The van der Waals surface area contributed by atoms with Gasteiger partial charge in [0.2, 0.25) is 0 Å². The number of hydrogen-bond donors (Lipinski definition) is 4. The van der Waals surface area contributed by atoms with Gasteiger partial charge in [0.05, 0.1) is 12.0 Å². The fraction of sp³-hybridized carbons (Fsp3) is 0.353. The van der Waals surface area contributed by atoms with Gasteiger partial charge < -0.3 is 29.9 Å². The summed E-state index contributed by atoms with van der Waals surface area (Å²) in [6.45, 7) is 0.174. The molecule has 0 amide bonds. The molecule has 0 aromatic carbocycles. The number of aliphatic hydroxyl groups excluding tert-OH is 3. The molecule has 0 radical (unpaired) electrons. The van der Waals surface area contributed by atoms with Gasteiger partial charge in [0.1, 0.15) is 36.1 Å². The number of hydrogen-bond acceptors (Lipinski definition) is 8. The van der Waals surface area contributed by atoms with E-state index in [2.05, 4.69) is 42.9 Å². The van der Waals surface area contributed by atoms with Crippen LogP contribution in [0.5, 0.6) is 0 Å². The van der Waals surface area contributed by atoms with Gasteiger partial charge >= 0.3 is 0 Å². The highest BCUT2D eigenvalue weighted by atomic mass is 127. The molecule has 1 aliphatic rings. The van der Waals surface area contributed by atoms with Crippen LogP contribution in [0.1, 0.15) is 11.8 Å². The Bertz CT molecular complexity index is 938. The Hall–Kier alpha value is -1.86. The van der Waals surface area contributed by atoms with E-state index in [0.29, 0.717) is 18.0 Å². The summed E-state index contributed by atoms with van der Waals surface area (Å²) in [6, 6.07) is 3.84. The maximum atomic E-state index is 10.3. The van der Waals surface area contributed by atoms with Crippen LogP contribution in [0, 0.1) is 3.57 Å². The molecule has 4 heterocycles. The second-order valence-electron chi connectivity index (χ2n) is 6.25. The summed E-state index contributed by atoms with van der Waals surface area (Å²) in [5, 5.41) is 33.7. The van der Waals surface area contributed by atoms with Crippen molar-refractivity contribution in [2.75, 3.05) is 11.9 Å². The maximum absolute atomic E-state index is 10.3. The minimum absolute atomic E-state index is 0.377. The van der Waals surface area contributed by atoms with Crippen LogP contribution < -0.4 is 5.32 Å². The molecule has 142 valence electrons. The molecule has 4 atom stereocenters. The number of ether oxygens (including phenoxy) is 1. The first-order chi connectivity index (χ1) is 13.1. The largest absolute Gasteiger partial charge is 0.394 e.